The Labute approximate surface area is 117 Å². The summed E-state index contributed by atoms with van der Waals surface area (Å²) in [5, 5.41) is 6.26. The van der Waals surface area contributed by atoms with Gasteiger partial charge >= 0.3 is 0 Å². The van der Waals surface area contributed by atoms with Gasteiger partial charge < -0.3 is 4.57 Å². The highest BCUT2D eigenvalue weighted by Crippen LogP contribution is 2.20. The Bertz CT molecular complexity index is 826. The number of aromatic nitrogens is 2. The number of pyridine rings is 1. The monoisotopic (exact) mass is 285 g/mol. The molecule has 0 bridgehead atoms. The van der Waals surface area contributed by atoms with Crippen LogP contribution in [0.15, 0.2) is 53.7 Å². The molecule has 2 N–H and O–H groups in total. The average molecular weight is 285 g/mol. The minimum Gasteiger partial charge on any atom is -0.301 e. The number of nitrogens with zero attached hydrogens (tertiary/aromatic N) is 2. The van der Waals surface area contributed by atoms with Crippen LogP contribution in [-0.2, 0) is 11.0 Å². The van der Waals surface area contributed by atoms with Crippen LogP contribution >= 0.6 is 0 Å². The van der Waals surface area contributed by atoms with Crippen LogP contribution in [0.5, 0.6) is 0 Å². The fourth-order valence-electron chi connectivity index (χ4n) is 2.07. The first-order valence-electron chi connectivity index (χ1n) is 5.88. The van der Waals surface area contributed by atoms with Gasteiger partial charge in [-0.3, -0.25) is 4.79 Å². The van der Waals surface area contributed by atoms with E-state index in [0.717, 1.165) is 23.0 Å². The fraction of sp³-hybridized carbons (Fsp3) is 0. The molecule has 0 spiro atoms. The molecule has 0 amide bonds. The molecular formula is C14H11N3O2S. The first kappa shape index (κ1) is 12.7. The predicted molar refractivity (Wildman–Crippen MR) is 77.1 cm³/mol. The van der Waals surface area contributed by atoms with Crippen molar-refractivity contribution in [3.8, 4) is 5.69 Å². The predicted octanol–water partition coefficient (Wildman–Crippen LogP) is 1.82. The summed E-state index contributed by atoms with van der Waals surface area (Å²) in [5.74, 6) is 0. The Kier molecular flexibility index (Phi) is 3.17. The summed E-state index contributed by atoms with van der Waals surface area (Å²) in [4.78, 5) is 15.6. The first-order valence-corrected chi connectivity index (χ1v) is 7.09. The van der Waals surface area contributed by atoms with E-state index in [9.17, 15) is 9.00 Å². The summed E-state index contributed by atoms with van der Waals surface area (Å²) in [7, 11) is -1.52. The van der Waals surface area contributed by atoms with Gasteiger partial charge in [-0.25, -0.2) is 14.3 Å². The Morgan fingerprint density at radius 1 is 1.25 bits per heavy atom. The first-order chi connectivity index (χ1) is 9.69. The molecular weight excluding hydrogens is 274 g/mol. The second-order valence-electron chi connectivity index (χ2n) is 4.28. The van der Waals surface area contributed by atoms with Crippen molar-refractivity contribution >= 4 is 28.3 Å². The highest BCUT2D eigenvalue weighted by molar-refractivity contribution is 7.82. The Morgan fingerprint density at radius 3 is 2.85 bits per heavy atom. The molecule has 3 rings (SSSR count). The van der Waals surface area contributed by atoms with Gasteiger partial charge in [-0.05, 0) is 30.3 Å². The Hall–Kier alpha value is -2.31. The lowest BCUT2D eigenvalue weighted by Gasteiger charge is -2.06. The third-order valence-electron chi connectivity index (χ3n) is 3.01. The third-order valence-corrected chi connectivity index (χ3v) is 3.73. The number of fused-ring (bicyclic) bond motifs is 1. The summed E-state index contributed by atoms with van der Waals surface area (Å²) >= 11 is 0. The summed E-state index contributed by atoms with van der Waals surface area (Å²) in [6.45, 7) is 0. The summed E-state index contributed by atoms with van der Waals surface area (Å²) in [6, 6.07) is 10.8. The van der Waals surface area contributed by atoms with E-state index in [4.69, 9.17) is 5.14 Å². The van der Waals surface area contributed by atoms with Gasteiger partial charge in [0.25, 0.3) is 0 Å². The van der Waals surface area contributed by atoms with Crippen LogP contribution in [0.3, 0.4) is 0 Å². The lowest BCUT2D eigenvalue weighted by Crippen LogP contribution is -2.03. The average Bonchev–Trinajstić information content (AvgIpc) is 2.90. The van der Waals surface area contributed by atoms with E-state index in [0.29, 0.717) is 10.5 Å². The largest absolute Gasteiger partial charge is 0.301 e. The van der Waals surface area contributed by atoms with Crippen LogP contribution in [-0.4, -0.2) is 20.0 Å². The van der Waals surface area contributed by atoms with Crippen LogP contribution < -0.4 is 5.14 Å². The van der Waals surface area contributed by atoms with Gasteiger partial charge in [0, 0.05) is 29.0 Å². The Morgan fingerprint density at radius 2 is 2.10 bits per heavy atom. The summed E-state index contributed by atoms with van der Waals surface area (Å²) in [6.07, 6.45) is 4.14. The topological polar surface area (TPSA) is 78.0 Å². The molecule has 0 aliphatic carbocycles. The lowest BCUT2D eigenvalue weighted by molar-refractivity contribution is 0.112. The molecule has 1 atom stereocenters. The van der Waals surface area contributed by atoms with E-state index in [1.54, 1.807) is 24.3 Å². The molecule has 0 aliphatic heterocycles. The highest BCUT2D eigenvalue weighted by Gasteiger charge is 2.07. The van der Waals surface area contributed by atoms with Crippen LogP contribution in [0.2, 0.25) is 0 Å². The molecule has 1 aromatic carbocycles. The zero-order chi connectivity index (χ0) is 14.1. The maximum absolute atomic E-state index is 11.3. The number of rotatable bonds is 3. The normalized spacial score (nSPS) is 12.4. The molecule has 1 unspecified atom stereocenters. The molecule has 0 saturated carbocycles. The zero-order valence-electron chi connectivity index (χ0n) is 10.4. The molecule has 0 fully saturated rings. The maximum Gasteiger partial charge on any atom is 0.151 e. The van der Waals surface area contributed by atoms with E-state index in [2.05, 4.69) is 4.98 Å². The van der Waals surface area contributed by atoms with Crippen molar-refractivity contribution in [2.45, 2.75) is 4.90 Å². The molecule has 0 saturated heterocycles. The third kappa shape index (κ3) is 2.15. The highest BCUT2D eigenvalue weighted by atomic mass is 32.2. The van der Waals surface area contributed by atoms with Crippen molar-refractivity contribution in [1.82, 2.24) is 9.55 Å². The molecule has 100 valence electrons. The van der Waals surface area contributed by atoms with Gasteiger partial charge in [0.15, 0.2) is 6.29 Å². The van der Waals surface area contributed by atoms with Gasteiger partial charge in [0.05, 0.1) is 4.90 Å². The number of hydrogen-bond donors (Lipinski definition) is 1. The number of aldehydes is 1. The van der Waals surface area contributed by atoms with Gasteiger partial charge in [-0.15, -0.1) is 0 Å². The van der Waals surface area contributed by atoms with Crippen molar-refractivity contribution in [1.29, 1.82) is 0 Å². The van der Waals surface area contributed by atoms with Crippen molar-refractivity contribution in [3.05, 3.63) is 54.4 Å². The minimum absolute atomic E-state index is 0.534. The van der Waals surface area contributed by atoms with E-state index in [1.807, 2.05) is 22.9 Å². The van der Waals surface area contributed by atoms with Crippen molar-refractivity contribution < 1.29 is 9.00 Å². The molecule has 3 aromatic rings. The molecule has 2 heterocycles. The van der Waals surface area contributed by atoms with Gasteiger partial charge in [0.2, 0.25) is 0 Å². The number of nitrogens with two attached hydrogens (primary N) is 1. The van der Waals surface area contributed by atoms with Crippen LogP contribution in [0.1, 0.15) is 10.4 Å². The number of benzene rings is 1. The number of hydrogen-bond acceptors (Lipinski definition) is 3. The molecule has 2 aromatic heterocycles. The molecule has 0 radical (unpaired) electrons. The SMILES string of the molecule is NS(=O)c1cccc(-n2ccc3cc(C=O)cnc32)c1. The van der Waals surface area contributed by atoms with Crippen LogP contribution in [0.4, 0.5) is 0 Å². The lowest BCUT2D eigenvalue weighted by atomic mass is 10.2. The second kappa shape index (κ2) is 4.99. The summed E-state index contributed by atoms with van der Waals surface area (Å²) < 4.78 is 13.2. The Balaban J connectivity index is 2.17. The molecule has 6 heteroatoms. The van der Waals surface area contributed by atoms with E-state index >= 15 is 0 Å². The van der Waals surface area contributed by atoms with Crippen LogP contribution in [0, 0.1) is 0 Å². The van der Waals surface area contributed by atoms with Crippen molar-refractivity contribution in [2.75, 3.05) is 0 Å². The van der Waals surface area contributed by atoms with E-state index in [-0.39, 0.29) is 0 Å². The van der Waals surface area contributed by atoms with Crippen molar-refractivity contribution in [3.63, 3.8) is 0 Å². The second-order valence-corrected chi connectivity index (χ2v) is 5.35. The standard InChI is InChI=1S/C14H11N3O2S/c15-20(19)13-3-1-2-12(7-13)17-5-4-11-6-10(9-18)8-16-14(11)17/h1-9H,15H2. The van der Waals surface area contributed by atoms with Gasteiger partial charge in [0.1, 0.15) is 16.6 Å². The quantitative estimate of drug-likeness (QED) is 0.746. The van der Waals surface area contributed by atoms with Crippen LogP contribution in [0.25, 0.3) is 16.7 Å². The fourth-order valence-corrected chi connectivity index (χ4v) is 2.52. The van der Waals surface area contributed by atoms with E-state index < -0.39 is 11.0 Å². The van der Waals surface area contributed by atoms with Crippen molar-refractivity contribution in [2.24, 2.45) is 5.14 Å². The molecule has 20 heavy (non-hydrogen) atoms. The minimum atomic E-state index is -1.52. The molecule has 0 aliphatic rings. The molecule has 5 nitrogen and oxygen atoms in total. The van der Waals surface area contributed by atoms with E-state index in [1.165, 1.54) is 6.20 Å². The summed E-state index contributed by atoms with van der Waals surface area (Å²) in [5.41, 5.74) is 2.09. The zero-order valence-corrected chi connectivity index (χ0v) is 11.2. The van der Waals surface area contributed by atoms with Gasteiger partial charge in [-0.1, -0.05) is 6.07 Å². The smallest absolute Gasteiger partial charge is 0.151 e. The number of carbonyl (C=O) groups is 1. The number of carbonyl (C=O) groups excluding carboxylic acids is 1. The maximum atomic E-state index is 11.3. The van der Waals surface area contributed by atoms with Gasteiger partial charge in [-0.2, -0.15) is 0 Å².